The van der Waals surface area contributed by atoms with Crippen LogP contribution in [0.4, 0.5) is 8.78 Å². The maximum Gasteiger partial charge on any atom is 0.126 e. The molecule has 18 heavy (non-hydrogen) atoms. The summed E-state index contributed by atoms with van der Waals surface area (Å²) in [5.41, 5.74) is 3.93. The molecule has 2 rings (SSSR count). The average molecular weight is 311 g/mol. The highest BCUT2D eigenvalue weighted by Crippen LogP contribution is 2.32. The first-order valence-electron chi connectivity index (χ1n) is 5.64. The Kier molecular flexibility index (Phi) is 3.81. The van der Waals surface area contributed by atoms with Gasteiger partial charge in [0.05, 0.1) is 4.83 Å². The largest absolute Gasteiger partial charge is 0.207 e. The monoisotopic (exact) mass is 310 g/mol. The smallest absolute Gasteiger partial charge is 0.126 e. The minimum Gasteiger partial charge on any atom is -0.207 e. The predicted molar refractivity (Wildman–Crippen MR) is 73.0 cm³/mol. The summed E-state index contributed by atoms with van der Waals surface area (Å²) < 4.78 is 26.4. The normalized spacial score (nSPS) is 12.5. The van der Waals surface area contributed by atoms with Crippen LogP contribution >= 0.6 is 15.9 Å². The fourth-order valence-electron chi connectivity index (χ4n) is 1.84. The van der Waals surface area contributed by atoms with E-state index in [1.54, 1.807) is 0 Å². The lowest BCUT2D eigenvalue weighted by Gasteiger charge is -2.13. The summed E-state index contributed by atoms with van der Waals surface area (Å²) in [6.07, 6.45) is 0. The molecule has 0 amide bonds. The van der Waals surface area contributed by atoms with Gasteiger partial charge in [0, 0.05) is 6.07 Å². The van der Waals surface area contributed by atoms with Crippen molar-refractivity contribution in [1.29, 1.82) is 0 Å². The molecule has 0 nitrogen and oxygen atoms in total. The molecule has 0 aromatic heterocycles. The van der Waals surface area contributed by atoms with Gasteiger partial charge in [-0.3, -0.25) is 0 Å². The van der Waals surface area contributed by atoms with Gasteiger partial charge in [0.15, 0.2) is 0 Å². The molecular weight excluding hydrogens is 298 g/mol. The average Bonchev–Trinajstić information content (AvgIpc) is 2.30. The van der Waals surface area contributed by atoms with Crippen LogP contribution in [0.3, 0.4) is 0 Å². The number of alkyl halides is 1. The summed E-state index contributed by atoms with van der Waals surface area (Å²) in [7, 11) is 0. The number of hydrogen-bond donors (Lipinski definition) is 0. The third kappa shape index (κ3) is 2.78. The van der Waals surface area contributed by atoms with Gasteiger partial charge in [-0.1, -0.05) is 34.1 Å². The first-order valence-corrected chi connectivity index (χ1v) is 6.56. The Labute approximate surface area is 114 Å². The van der Waals surface area contributed by atoms with Crippen LogP contribution in [0.1, 0.15) is 27.1 Å². The SMILES string of the molecule is Cc1ccc(C(Br)c2cc(F)cc(F)c2)cc1C. The molecule has 0 fully saturated rings. The second kappa shape index (κ2) is 5.19. The van der Waals surface area contributed by atoms with Gasteiger partial charge in [-0.2, -0.15) is 0 Å². The van der Waals surface area contributed by atoms with E-state index in [0.717, 1.165) is 17.2 Å². The van der Waals surface area contributed by atoms with Crippen molar-refractivity contribution in [3.05, 3.63) is 70.3 Å². The van der Waals surface area contributed by atoms with Crippen molar-refractivity contribution >= 4 is 15.9 Å². The number of rotatable bonds is 2. The lowest BCUT2D eigenvalue weighted by Crippen LogP contribution is -1.96. The van der Waals surface area contributed by atoms with Crippen molar-refractivity contribution in [3.8, 4) is 0 Å². The third-order valence-electron chi connectivity index (χ3n) is 3.00. The molecule has 0 radical (unpaired) electrons. The molecule has 0 heterocycles. The van der Waals surface area contributed by atoms with Crippen molar-refractivity contribution < 1.29 is 8.78 Å². The Morgan fingerprint density at radius 2 is 1.44 bits per heavy atom. The number of hydrogen-bond acceptors (Lipinski definition) is 0. The van der Waals surface area contributed by atoms with Gasteiger partial charge < -0.3 is 0 Å². The maximum atomic E-state index is 13.2. The molecule has 0 aliphatic carbocycles. The summed E-state index contributed by atoms with van der Waals surface area (Å²) in [5, 5.41) is 0. The van der Waals surface area contributed by atoms with Crippen molar-refractivity contribution in [1.82, 2.24) is 0 Å². The Morgan fingerprint density at radius 1 is 0.833 bits per heavy atom. The molecule has 0 aliphatic rings. The third-order valence-corrected chi connectivity index (χ3v) is 4.06. The maximum absolute atomic E-state index is 13.2. The van der Waals surface area contributed by atoms with Crippen LogP contribution in [0, 0.1) is 25.5 Å². The Morgan fingerprint density at radius 3 is 2.00 bits per heavy atom. The van der Waals surface area contributed by atoms with E-state index in [1.807, 2.05) is 32.0 Å². The molecule has 94 valence electrons. The zero-order valence-electron chi connectivity index (χ0n) is 10.2. The van der Waals surface area contributed by atoms with E-state index in [2.05, 4.69) is 15.9 Å². The van der Waals surface area contributed by atoms with Gasteiger partial charge in [-0.05, 0) is 48.2 Å². The fourth-order valence-corrected chi connectivity index (χ4v) is 2.39. The van der Waals surface area contributed by atoms with E-state index >= 15 is 0 Å². The first kappa shape index (κ1) is 13.2. The molecule has 1 atom stereocenters. The fraction of sp³-hybridized carbons (Fsp3) is 0.200. The van der Waals surface area contributed by atoms with Crippen molar-refractivity contribution in [2.45, 2.75) is 18.7 Å². The lowest BCUT2D eigenvalue weighted by molar-refractivity contribution is 0.580. The highest BCUT2D eigenvalue weighted by Gasteiger charge is 2.13. The standard InChI is InChI=1S/C15H13BrF2/c1-9-3-4-11(5-10(9)2)15(16)12-6-13(17)8-14(18)7-12/h3-8,15H,1-2H3. The number of halogens is 3. The lowest BCUT2D eigenvalue weighted by atomic mass is 10.0. The minimum absolute atomic E-state index is 0.206. The quantitative estimate of drug-likeness (QED) is 0.680. The molecule has 0 saturated heterocycles. The zero-order chi connectivity index (χ0) is 13.3. The highest BCUT2D eigenvalue weighted by atomic mass is 79.9. The molecular formula is C15H13BrF2. The highest BCUT2D eigenvalue weighted by molar-refractivity contribution is 9.09. The van der Waals surface area contributed by atoms with Crippen molar-refractivity contribution in [2.24, 2.45) is 0 Å². The number of aryl methyl sites for hydroxylation is 2. The Bertz CT molecular complexity index is 558. The van der Waals surface area contributed by atoms with Gasteiger partial charge in [0.1, 0.15) is 11.6 Å². The Hall–Kier alpha value is -1.22. The van der Waals surface area contributed by atoms with E-state index in [1.165, 1.54) is 17.7 Å². The van der Waals surface area contributed by atoms with Crippen LogP contribution in [0.25, 0.3) is 0 Å². The first-order chi connectivity index (χ1) is 8.47. The van der Waals surface area contributed by atoms with Crippen LogP contribution in [-0.4, -0.2) is 0 Å². The van der Waals surface area contributed by atoms with Crippen LogP contribution in [-0.2, 0) is 0 Å². The van der Waals surface area contributed by atoms with Crippen molar-refractivity contribution in [2.75, 3.05) is 0 Å². The van der Waals surface area contributed by atoms with Gasteiger partial charge in [0.25, 0.3) is 0 Å². The second-order valence-corrected chi connectivity index (χ2v) is 5.32. The van der Waals surface area contributed by atoms with Gasteiger partial charge >= 0.3 is 0 Å². The summed E-state index contributed by atoms with van der Waals surface area (Å²) in [4.78, 5) is -0.206. The van der Waals surface area contributed by atoms with E-state index < -0.39 is 11.6 Å². The molecule has 0 spiro atoms. The minimum atomic E-state index is -0.557. The van der Waals surface area contributed by atoms with Gasteiger partial charge in [0.2, 0.25) is 0 Å². The Balaban J connectivity index is 2.40. The van der Waals surface area contributed by atoms with Gasteiger partial charge in [-0.15, -0.1) is 0 Å². The molecule has 2 aromatic rings. The van der Waals surface area contributed by atoms with Crippen molar-refractivity contribution in [3.63, 3.8) is 0 Å². The van der Waals surface area contributed by atoms with Crippen LogP contribution < -0.4 is 0 Å². The van der Waals surface area contributed by atoms with Gasteiger partial charge in [-0.25, -0.2) is 8.78 Å². The topological polar surface area (TPSA) is 0 Å². The second-order valence-electron chi connectivity index (χ2n) is 4.41. The van der Waals surface area contributed by atoms with Crippen LogP contribution in [0.5, 0.6) is 0 Å². The molecule has 0 saturated carbocycles. The molecule has 1 unspecified atom stereocenters. The summed E-state index contributed by atoms with van der Waals surface area (Å²) >= 11 is 3.49. The molecule has 0 aliphatic heterocycles. The number of benzene rings is 2. The van der Waals surface area contributed by atoms with Crippen LogP contribution in [0.2, 0.25) is 0 Å². The van der Waals surface area contributed by atoms with E-state index in [0.29, 0.717) is 5.56 Å². The van der Waals surface area contributed by atoms with E-state index in [9.17, 15) is 8.78 Å². The summed E-state index contributed by atoms with van der Waals surface area (Å²) in [6.45, 7) is 4.05. The van der Waals surface area contributed by atoms with E-state index in [-0.39, 0.29) is 4.83 Å². The predicted octanol–water partition coefficient (Wildman–Crippen LogP) is 5.07. The molecule has 0 N–H and O–H groups in total. The zero-order valence-corrected chi connectivity index (χ0v) is 11.8. The summed E-state index contributed by atoms with van der Waals surface area (Å²) in [5.74, 6) is -1.11. The molecule has 2 aromatic carbocycles. The molecule has 3 heteroatoms. The van der Waals surface area contributed by atoms with E-state index in [4.69, 9.17) is 0 Å². The molecule has 0 bridgehead atoms. The summed E-state index contributed by atoms with van der Waals surface area (Å²) in [6, 6.07) is 9.57. The van der Waals surface area contributed by atoms with Crippen LogP contribution in [0.15, 0.2) is 36.4 Å².